The van der Waals surface area contributed by atoms with Gasteiger partial charge in [-0.15, -0.1) is 0 Å². The lowest BCUT2D eigenvalue weighted by Crippen LogP contribution is -2.18. The van der Waals surface area contributed by atoms with Crippen molar-refractivity contribution in [2.75, 3.05) is 5.32 Å². The van der Waals surface area contributed by atoms with Gasteiger partial charge in [-0.3, -0.25) is 5.10 Å². The molecular weight excluding hydrogens is 262 g/mol. The predicted molar refractivity (Wildman–Crippen MR) is 76.4 cm³/mol. The third-order valence-corrected chi connectivity index (χ3v) is 2.94. The van der Waals surface area contributed by atoms with Crippen LogP contribution in [0.4, 0.5) is 5.82 Å². The predicted octanol–water partition coefficient (Wildman–Crippen LogP) is 3.32. The summed E-state index contributed by atoms with van der Waals surface area (Å²) in [6, 6.07) is 1.82. The Morgan fingerprint density at radius 2 is 2.05 bits per heavy atom. The van der Waals surface area contributed by atoms with E-state index in [0.717, 1.165) is 17.2 Å². The van der Waals surface area contributed by atoms with Crippen molar-refractivity contribution in [3.05, 3.63) is 35.0 Å². The maximum atomic E-state index is 6.05. The normalized spacial score (nSPS) is 13.3. The average Bonchev–Trinajstić information content (AvgIpc) is 2.80. The number of nitrogens with zero attached hydrogens (tertiary/aromatic N) is 3. The smallest absolute Gasteiger partial charge is 0.137 e. The molecule has 0 aliphatic carbocycles. The van der Waals surface area contributed by atoms with Crippen LogP contribution in [0.2, 0.25) is 5.15 Å². The first-order chi connectivity index (χ1) is 8.86. The van der Waals surface area contributed by atoms with Crippen molar-refractivity contribution < 1.29 is 0 Å². The van der Waals surface area contributed by atoms with Gasteiger partial charge >= 0.3 is 0 Å². The summed E-state index contributed by atoms with van der Waals surface area (Å²) in [5.74, 6) is 1.44. The quantitative estimate of drug-likeness (QED) is 0.846. The molecule has 102 valence electrons. The molecule has 2 N–H and O–H groups in total. The Morgan fingerprint density at radius 1 is 1.32 bits per heavy atom. The van der Waals surface area contributed by atoms with Crippen molar-refractivity contribution in [1.82, 2.24) is 20.2 Å². The number of aromatic nitrogens is 4. The summed E-state index contributed by atoms with van der Waals surface area (Å²) >= 11 is 6.05. The van der Waals surface area contributed by atoms with E-state index in [1.54, 1.807) is 12.3 Å². The first-order valence-corrected chi connectivity index (χ1v) is 6.54. The first-order valence-electron chi connectivity index (χ1n) is 6.16. The van der Waals surface area contributed by atoms with Crippen LogP contribution in [-0.2, 0) is 5.41 Å². The Bertz CT molecular complexity index is 545. The zero-order chi connectivity index (χ0) is 14.0. The van der Waals surface area contributed by atoms with Crippen LogP contribution in [0.25, 0.3) is 0 Å². The van der Waals surface area contributed by atoms with Crippen molar-refractivity contribution in [2.45, 2.75) is 39.2 Å². The maximum Gasteiger partial charge on any atom is 0.137 e. The number of anilines is 1. The summed E-state index contributed by atoms with van der Waals surface area (Å²) in [5, 5.41) is 10.5. The Balaban J connectivity index is 2.23. The molecule has 19 heavy (non-hydrogen) atoms. The fourth-order valence-electron chi connectivity index (χ4n) is 1.63. The lowest BCUT2D eigenvalue weighted by molar-refractivity contribution is 0.545. The van der Waals surface area contributed by atoms with E-state index in [1.807, 2.05) is 13.1 Å². The molecule has 1 unspecified atom stereocenters. The van der Waals surface area contributed by atoms with Gasteiger partial charge in [0.05, 0.1) is 12.2 Å². The van der Waals surface area contributed by atoms with Gasteiger partial charge in [-0.1, -0.05) is 32.4 Å². The number of hydrogen-bond donors (Lipinski definition) is 2. The van der Waals surface area contributed by atoms with Crippen molar-refractivity contribution in [2.24, 2.45) is 0 Å². The molecule has 2 rings (SSSR count). The molecule has 0 aromatic carbocycles. The number of H-pyrrole nitrogens is 1. The minimum Gasteiger partial charge on any atom is -0.363 e. The van der Waals surface area contributed by atoms with Crippen molar-refractivity contribution >= 4 is 17.4 Å². The summed E-state index contributed by atoms with van der Waals surface area (Å²) in [7, 11) is 0. The molecule has 0 aliphatic heterocycles. The van der Waals surface area contributed by atoms with Gasteiger partial charge in [-0.25, -0.2) is 9.97 Å². The molecule has 0 saturated heterocycles. The molecule has 1 atom stereocenters. The Kier molecular flexibility index (Phi) is 3.75. The molecule has 2 heterocycles. The van der Waals surface area contributed by atoms with Crippen LogP contribution in [0, 0.1) is 0 Å². The summed E-state index contributed by atoms with van der Waals surface area (Å²) < 4.78 is 0. The van der Waals surface area contributed by atoms with Gasteiger partial charge in [0.1, 0.15) is 16.8 Å². The lowest BCUT2D eigenvalue weighted by Gasteiger charge is -2.19. The third kappa shape index (κ3) is 3.44. The molecular formula is C13H18ClN5. The zero-order valence-electron chi connectivity index (χ0n) is 11.5. The van der Waals surface area contributed by atoms with Gasteiger partial charge in [0.15, 0.2) is 0 Å². The highest BCUT2D eigenvalue weighted by molar-refractivity contribution is 6.29. The zero-order valence-corrected chi connectivity index (χ0v) is 12.3. The highest BCUT2D eigenvalue weighted by Gasteiger charge is 2.19. The summed E-state index contributed by atoms with van der Waals surface area (Å²) in [4.78, 5) is 8.79. The summed E-state index contributed by atoms with van der Waals surface area (Å²) in [6.45, 7) is 8.21. The molecule has 0 amide bonds. The van der Waals surface area contributed by atoms with Crippen molar-refractivity contribution in [1.29, 1.82) is 0 Å². The number of halogens is 1. The highest BCUT2D eigenvalue weighted by atomic mass is 35.5. The van der Waals surface area contributed by atoms with E-state index in [2.05, 4.69) is 46.3 Å². The molecule has 5 nitrogen and oxygen atoms in total. The second-order valence-electron chi connectivity index (χ2n) is 5.55. The molecule has 0 aliphatic rings. The van der Waals surface area contributed by atoms with Gasteiger partial charge < -0.3 is 5.32 Å². The van der Waals surface area contributed by atoms with E-state index in [1.165, 1.54) is 0 Å². The molecule has 0 fully saturated rings. The fourth-order valence-corrected chi connectivity index (χ4v) is 1.81. The van der Waals surface area contributed by atoms with Crippen LogP contribution in [-0.4, -0.2) is 20.2 Å². The van der Waals surface area contributed by atoms with Crippen LogP contribution in [0.3, 0.4) is 0 Å². The monoisotopic (exact) mass is 279 g/mol. The number of rotatable bonds is 3. The van der Waals surface area contributed by atoms with E-state index in [9.17, 15) is 0 Å². The van der Waals surface area contributed by atoms with Crippen molar-refractivity contribution in [3.8, 4) is 0 Å². The minimum absolute atomic E-state index is 0.0949. The summed E-state index contributed by atoms with van der Waals surface area (Å²) in [5.41, 5.74) is 0.923. The second kappa shape index (κ2) is 5.17. The molecule has 0 saturated carbocycles. The maximum absolute atomic E-state index is 6.05. The van der Waals surface area contributed by atoms with Gasteiger partial charge in [0.25, 0.3) is 0 Å². The SMILES string of the molecule is CC(Nc1cc(Cl)nc(C(C)(C)C)n1)c1cn[nH]c1. The molecule has 0 bridgehead atoms. The standard InChI is InChI=1S/C13H18ClN5/c1-8(9-6-15-16-7-9)17-11-5-10(14)18-12(19-11)13(2,3)4/h5-8H,1-4H3,(H,15,16)(H,17,18,19). The molecule has 0 radical (unpaired) electrons. The van der Waals surface area contributed by atoms with E-state index < -0.39 is 0 Å². The second-order valence-corrected chi connectivity index (χ2v) is 5.93. The van der Waals surface area contributed by atoms with Gasteiger partial charge in [0.2, 0.25) is 0 Å². The van der Waals surface area contributed by atoms with Gasteiger partial charge in [-0.2, -0.15) is 5.10 Å². The largest absolute Gasteiger partial charge is 0.363 e. The van der Waals surface area contributed by atoms with Gasteiger partial charge in [-0.05, 0) is 6.92 Å². The molecule has 2 aromatic heterocycles. The average molecular weight is 280 g/mol. The number of aromatic amines is 1. The van der Waals surface area contributed by atoms with E-state index in [0.29, 0.717) is 5.15 Å². The van der Waals surface area contributed by atoms with Crippen LogP contribution in [0.5, 0.6) is 0 Å². The van der Waals surface area contributed by atoms with E-state index in [4.69, 9.17) is 11.6 Å². The Morgan fingerprint density at radius 3 is 2.63 bits per heavy atom. The third-order valence-electron chi connectivity index (χ3n) is 2.75. The number of nitrogens with one attached hydrogen (secondary N) is 2. The van der Waals surface area contributed by atoms with Crippen molar-refractivity contribution in [3.63, 3.8) is 0 Å². The fraction of sp³-hybridized carbons (Fsp3) is 0.462. The van der Waals surface area contributed by atoms with E-state index in [-0.39, 0.29) is 11.5 Å². The first kappa shape index (κ1) is 13.8. The molecule has 6 heteroatoms. The number of hydrogen-bond acceptors (Lipinski definition) is 4. The lowest BCUT2D eigenvalue weighted by atomic mass is 9.96. The minimum atomic E-state index is -0.139. The summed E-state index contributed by atoms with van der Waals surface area (Å²) in [6.07, 6.45) is 3.64. The van der Waals surface area contributed by atoms with Gasteiger partial charge in [0, 0.05) is 23.2 Å². The van der Waals surface area contributed by atoms with Crippen LogP contribution >= 0.6 is 11.6 Å². The van der Waals surface area contributed by atoms with Crippen LogP contribution in [0.1, 0.15) is 45.1 Å². The highest BCUT2D eigenvalue weighted by Crippen LogP contribution is 2.24. The van der Waals surface area contributed by atoms with Crippen LogP contribution in [0.15, 0.2) is 18.5 Å². The Labute approximate surface area is 117 Å². The Hall–Kier alpha value is -1.62. The van der Waals surface area contributed by atoms with E-state index >= 15 is 0 Å². The molecule has 2 aromatic rings. The topological polar surface area (TPSA) is 66.5 Å². The van der Waals surface area contributed by atoms with Crippen LogP contribution < -0.4 is 5.32 Å². The molecule has 0 spiro atoms.